The van der Waals surface area contributed by atoms with E-state index in [0.717, 1.165) is 0 Å². The number of nitrogens with zero attached hydrogens (tertiary/aromatic N) is 1. The Kier molecular flexibility index (Phi) is 3.87. The van der Waals surface area contributed by atoms with Crippen molar-refractivity contribution in [3.63, 3.8) is 0 Å². The van der Waals surface area contributed by atoms with Crippen LogP contribution in [0.2, 0.25) is 0 Å². The summed E-state index contributed by atoms with van der Waals surface area (Å²) in [6, 6.07) is 6.07. The quantitative estimate of drug-likeness (QED) is 0.918. The lowest BCUT2D eigenvalue weighted by Gasteiger charge is -2.18. The van der Waals surface area contributed by atoms with Gasteiger partial charge in [0, 0.05) is 24.7 Å². The van der Waals surface area contributed by atoms with E-state index in [9.17, 15) is 18.3 Å². The summed E-state index contributed by atoms with van der Waals surface area (Å²) < 4.78 is 37.1. The molecule has 7 nitrogen and oxygen atoms in total. The highest BCUT2D eigenvalue weighted by atomic mass is 32.2. The number of hydrogen-bond donors (Lipinski definition) is 1. The Morgan fingerprint density at radius 2 is 2.13 bits per heavy atom. The Bertz CT molecular complexity index is 855. The van der Waals surface area contributed by atoms with Gasteiger partial charge in [-0.3, -0.25) is 0 Å². The van der Waals surface area contributed by atoms with Crippen LogP contribution in [0.4, 0.5) is 0 Å². The molecule has 0 atom stereocenters. The molecule has 1 aliphatic heterocycles. The van der Waals surface area contributed by atoms with Crippen LogP contribution in [-0.4, -0.2) is 37.0 Å². The number of rotatable bonds is 3. The summed E-state index contributed by atoms with van der Waals surface area (Å²) in [4.78, 5) is 11.4. The van der Waals surface area contributed by atoms with E-state index in [0.29, 0.717) is 16.9 Å². The number of carbonyl (C=O) groups is 1. The molecule has 1 aliphatic rings. The van der Waals surface area contributed by atoms with Crippen LogP contribution < -0.4 is 4.74 Å². The van der Waals surface area contributed by atoms with Crippen LogP contribution >= 0.6 is 0 Å². The minimum absolute atomic E-state index is 0.0280. The largest absolute Gasteiger partial charge is 0.492 e. The smallest absolute Gasteiger partial charge is 0.336 e. The average Bonchev–Trinajstić information content (AvgIpc) is 2.82. The van der Waals surface area contributed by atoms with Crippen LogP contribution in [0.1, 0.15) is 21.5 Å². The van der Waals surface area contributed by atoms with Crippen molar-refractivity contribution in [1.82, 2.24) is 4.31 Å². The fourth-order valence-electron chi connectivity index (χ4n) is 2.45. The number of benzene rings is 1. The van der Waals surface area contributed by atoms with Crippen LogP contribution in [0.15, 0.2) is 40.0 Å². The Morgan fingerprint density at radius 1 is 1.35 bits per heavy atom. The third-order valence-electron chi connectivity index (χ3n) is 3.60. The molecule has 0 fully saturated rings. The fraction of sp³-hybridized carbons (Fsp3) is 0.267. The zero-order chi connectivity index (χ0) is 16.6. The van der Waals surface area contributed by atoms with E-state index in [-0.39, 0.29) is 30.4 Å². The molecule has 3 rings (SSSR count). The molecule has 8 heteroatoms. The number of sulfonamides is 1. The summed E-state index contributed by atoms with van der Waals surface area (Å²) in [7, 11) is -3.86. The van der Waals surface area contributed by atoms with Crippen molar-refractivity contribution in [2.75, 3.05) is 13.2 Å². The van der Waals surface area contributed by atoms with Gasteiger partial charge in [-0.25, -0.2) is 13.2 Å². The Morgan fingerprint density at radius 3 is 2.78 bits per heavy atom. The van der Waals surface area contributed by atoms with Gasteiger partial charge in [0.2, 0.25) is 5.09 Å². The molecule has 2 aromatic rings. The molecule has 23 heavy (non-hydrogen) atoms. The molecule has 0 saturated carbocycles. The molecular formula is C15H15NO6S. The summed E-state index contributed by atoms with van der Waals surface area (Å²) in [6.45, 7) is 1.89. The zero-order valence-electron chi connectivity index (χ0n) is 12.4. The van der Waals surface area contributed by atoms with Crippen LogP contribution in [0, 0.1) is 6.92 Å². The van der Waals surface area contributed by atoms with Gasteiger partial charge in [-0.05, 0) is 24.6 Å². The first-order chi connectivity index (χ1) is 10.9. The molecule has 122 valence electrons. The van der Waals surface area contributed by atoms with Gasteiger partial charge in [0.15, 0.2) is 0 Å². The zero-order valence-corrected chi connectivity index (χ0v) is 13.2. The number of carboxylic acid groups (broad SMARTS) is 1. The Hall–Kier alpha value is -2.32. The molecule has 0 saturated heterocycles. The monoisotopic (exact) mass is 337 g/mol. The number of carboxylic acids is 1. The summed E-state index contributed by atoms with van der Waals surface area (Å²) >= 11 is 0. The van der Waals surface area contributed by atoms with Gasteiger partial charge in [0.25, 0.3) is 10.0 Å². The summed E-state index contributed by atoms with van der Waals surface area (Å²) in [5, 5.41) is 9.14. The first-order valence-electron chi connectivity index (χ1n) is 6.93. The van der Waals surface area contributed by atoms with Crippen molar-refractivity contribution < 1.29 is 27.5 Å². The van der Waals surface area contributed by atoms with Gasteiger partial charge in [0.1, 0.15) is 12.4 Å². The topological polar surface area (TPSA) is 97.0 Å². The van der Waals surface area contributed by atoms with E-state index in [4.69, 9.17) is 9.15 Å². The highest BCUT2D eigenvalue weighted by Crippen LogP contribution is 2.29. The molecule has 0 amide bonds. The highest BCUT2D eigenvalue weighted by molar-refractivity contribution is 7.89. The maximum Gasteiger partial charge on any atom is 0.336 e. The lowest BCUT2D eigenvalue weighted by atomic mass is 10.1. The predicted molar refractivity (Wildman–Crippen MR) is 79.9 cm³/mol. The Labute approximate surface area is 133 Å². The standard InChI is InChI=1S/C15H15NO6S/c1-10-7-14(22-9-10)23(19,20)16-5-6-21-13-4-2-3-11(15(17)18)12(13)8-16/h2-4,7,9H,5-6,8H2,1H3,(H,17,18). The number of ether oxygens (including phenoxy) is 1. The van der Waals surface area contributed by atoms with Crippen molar-refractivity contribution in [3.8, 4) is 5.75 Å². The molecule has 0 spiro atoms. The molecule has 0 radical (unpaired) electrons. The van der Waals surface area contributed by atoms with Crippen LogP contribution in [-0.2, 0) is 16.6 Å². The van der Waals surface area contributed by atoms with Gasteiger partial charge in [-0.15, -0.1) is 0 Å². The summed E-state index contributed by atoms with van der Waals surface area (Å²) in [5.74, 6) is -0.739. The minimum Gasteiger partial charge on any atom is -0.492 e. The number of fused-ring (bicyclic) bond motifs is 1. The molecule has 1 aromatic heterocycles. The lowest BCUT2D eigenvalue weighted by molar-refractivity contribution is 0.0694. The fourth-order valence-corrected chi connectivity index (χ4v) is 3.82. The lowest BCUT2D eigenvalue weighted by Crippen LogP contribution is -2.32. The van der Waals surface area contributed by atoms with Crippen LogP contribution in [0.3, 0.4) is 0 Å². The van der Waals surface area contributed by atoms with E-state index < -0.39 is 16.0 Å². The highest BCUT2D eigenvalue weighted by Gasteiger charge is 2.31. The van der Waals surface area contributed by atoms with Crippen molar-refractivity contribution >= 4 is 16.0 Å². The van der Waals surface area contributed by atoms with E-state index >= 15 is 0 Å². The SMILES string of the molecule is Cc1coc(S(=O)(=O)N2CCOc3cccc(C(=O)O)c3C2)c1. The van der Waals surface area contributed by atoms with E-state index in [1.807, 2.05) is 0 Å². The molecule has 0 unspecified atom stereocenters. The number of hydrogen-bond acceptors (Lipinski definition) is 5. The Balaban J connectivity index is 2.03. The van der Waals surface area contributed by atoms with Crippen molar-refractivity contribution in [2.24, 2.45) is 0 Å². The van der Waals surface area contributed by atoms with Crippen molar-refractivity contribution in [1.29, 1.82) is 0 Å². The third-order valence-corrected chi connectivity index (χ3v) is 5.31. The predicted octanol–water partition coefficient (Wildman–Crippen LogP) is 1.87. The number of furan rings is 1. The summed E-state index contributed by atoms with van der Waals surface area (Å²) in [6.07, 6.45) is 1.36. The van der Waals surface area contributed by atoms with E-state index in [2.05, 4.69) is 0 Å². The average molecular weight is 337 g/mol. The molecule has 1 aromatic carbocycles. The van der Waals surface area contributed by atoms with Gasteiger partial charge < -0.3 is 14.3 Å². The van der Waals surface area contributed by atoms with Crippen molar-refractivity contribution in [3.05, 3.63) is 47.2 Å². The van der Waals surface area contributed by atoms with Crippen molar-refractivity contribution in [2.45, 2.75) is 18.6 Å². The molecule has 1 N–H and O–H groups in total. The summed E-state index contributed by atoms with van der Waals surface area (Å²) in [5.41, 5.74) is 1.06. The van der Waals surface area contributed by atoms with Gasteiger partial charge in [-0.2, -0.15) is 4.31 Å². The molecule has 2 heterocycles. The van der Waals surface area contributed by atoms with E-state index in [1.54, 1.807) is 19.1 Å². The van der Waals surface area contributed by atoms with Gasteiger partial charge >= 0.3 is 5.97 Å². The van der Waals surface area contributed by atoms with Gasteiger partial charge in [-0.1, -0.05) is 6.07 Å². The normalized spacial score (nSPS) is 15.5. The second-order valence-electron chi connectivity index (χ2n) is 5.22. The molecule has 0 aliphatic carbocycles. The van der Waals surface area contributed by atoms with Crippen LogP contribution in [0.5, 0.6) is 5.75 Å². The first kappa shape index (κ1) is 15.6. The number of aryl methyl sites for hydroxylation is 1. The second-order valence-corrected chi connectivity index (χ2v) is 7.09. The third kappa shape index (κ3) is 2.82. The van der Waals surface area contributed by atoms with Crippen LogP contribution in [0.25, 0.3) is 0 Å². The minimum atomic E-state index is -3.86. The van der Waals surface area contributed by atoms with Gasteiger partial charge in [0.05, 0.1) is 11.8 Å². The maximum absolute atomic E-state index is 12.7. The second kappa shape index (κ2) is 5.71. The van der Waals surface area contributed by atoms with E-state index in [1.165, 1.54) is 22.7 Å². The first-order valence-corrected chi connectivity index (χ1v) is 8.37. The maximum atomic E-state index is 12.7. The number of aromatic carboxylic acids is 1. The molecular weight excluding hydrogens is 322 g/mol. The molecule has 0 bridgehead atoms.